The van der Waals surface area contributed by atoms with Crippen molar-refractivity contribution in [1.29, 1.82) is 0 Å². The van der Waals surface area contributed by atoms with Gasteiger partial charge in [-0.05, 0) is 51.1 Å². The van der Waals surface area contributed by atoms with E-state index in [1.165, 1.54) is 11.3 Å². The number of benzene rings is 2. The molecule has 0 aliphatic rings. The second-order valence-corrected chi connectivity index (χ2v) is 5.11. The van der Waals surface area contributed by atoms with Crippen LogP contribution >= 0.6 is 0 Å². The average Bonchev–Trinajstić information content (AvgIpc) is 2.57. The summed E-state index contributed by atoms with van der Waals surface area (Å²) in [4.78, 5) is 2.34. The van der Waals surface area contributed by atoms with Gasteiger partial charge in [0.1, 0.15) is 5.75 Å². The van der Waals surface area contributed by atoms with Crippen molar-refractivity contribution in [3.8, 4) is 5.75 Å². The van der Waals surface area contributed by atoms with Crippen LogP contribution in [0.15, 0.2) is 48.5 Å². The molecule has 0 amide bonds. The molecule has 0 heterocycles. The van der Waals surface area contributed by atoms with E-state index in [4.69, 9.17) is 4.74 Å². The minimum absolute atomic E-state index is 0.690. The molecule has 0 spiro atoms. The normalized spacial score (nSPS) is 10.3. The van der Waals surface area contributed by atoms with Gasteiger partial charge in [0.2, 0.25) is 0 Å². The van der Waals surface area contributed by atoms with Gasteiger partial charge in [-0.3, -0.25) is 0 Å². The summed E-state index contributed by atoms with van der Waals surface area (Å²) in [5.74, 6) is 0.956. The van der Waals surface area contributed by atoms with Gasteiger partial charge in [-0.2, -0.15) is 0 Å². The van der Waals surface area contributed by atoms with Gasteiger partial charge in [-0.15, -0.1) is 0 Å². The second-order valence-electron chi connectivity index (χ2n) is 5.11. The zero-order chi connectivity index (χ0) is 15.8. The van der Waals surface area contributed by atoms with Crippen molar-refractivity contribution in [3.63, 3.8) is 0 Å². The molecule has 0 radical (unpaired) electrons. The third kappa shape index (κ3) is 4.17. The maximum Gasteiger partial charge on any atom is 0.124 e. The molecule has 2 aromatic rings. The third-order valence-electron chi connectivity index (χ3n) is 3.75. The first-order chi connectivity index (χ1) is 10.8. The summed E-state index contributed by atoms with van der Waals surface area (Å²) in [6, 6.07) is 16.8. The van der Waals surface area contributed by atoms with E-state index in [1.54, 1.807) is 0 Å². The van der Waals surface area contributed by atoms with Gasteiger partial charge in [0.15, 0.2) is 0 Å². The summed E-state index contributed by atoms with van der Waals surface area (Å²) in [5, 5.41) is 3.46. The van der Waals surface area contributed by atoms with Crippen LogP contribution in [-0.2, 0) is 6.54 Å². The predicted molar refractivity (Wildman–Crippen MR) is 94.9 cm³/mol. The van der Waals surface area contributed by atoms with E-state index in [-0.39, 0.29) is 0 Å². The lowest BCUT2D eigenvalue weighted by molar-refractivity contribution is 0.337. The first kappa shape index (κ1) is 16.2. The minimum atomic E-state index is 0.690. The van der Waals surface area contributed by atoms with Crippen molar-refractivity contribution in [2.75, 3.05) is 29.9 Å². The highest BCUT2D eigenvalue weighted by Gasteiger charge is 2.04. The largest absolute Gasteiger partial charge is 0.494 e. The number of hydrogen-bond acceptors (Lipinski definition) is 3. The molecular formula is C19H26N2O. The van der Waals surface area contributed by atoms with Gasteiger partial charge in [0, 0.05) is 36.6 Å². The Hall–Kier alpha value is -2.16. The van der Waals surface area contributed by atoms with Crippen LogP contribution in [0.4, 0.5) is 11.4 Å². The summed E-state index contributed by atoms with van der Waals surface area (Å²) in [5.41, 5.74) is 3.57. The van der Waals surface area contributed by atoms with E-state index in [9.17, 15) is 0 Å². The van der Waals surface area contributed by atoms with Gasteiger partial charge in [-0.25, -0.2) is 0 Å². The van der Waals surface area contributed by atoms with Crippen molar-refractivity contribution < 1.29 is 4.74 Å². The summed E-state index contributed by atoms with van der Waals surface area (Å²) in [7, 11) is 0. The Bertz CT molecular complexity index is 562. The lowest BCUT2D eigenvalue weighted by atomic mass is 10.2. The summed E-state index contributed by atoms with van der Waals surface area (Å²) in [6.45, 7) is 9.89. The Balaban J connectivity index is 2.00. The molecule has 3 heteroatoms. The molecular weight excluding hydrogens is 272 g/mol. The first-order valence-corrected chi connectivity index (χ1v) is 8.08. The van der Waals surface area contributed by atoms with Crippen LogP contribution in [0, 0.1) is 0 Å². The van der Waals surface area contributed by atoms with Crippen molar-refractivity contribution >= 4 is 11.4 Å². The predicted octanol–water partition coefficient (Wildman–Crippen LogP) is 4.54. The Morgan fingerprint density at radius 2 is 1.59 bits per heavy atom. The standard InChI is InChI=1S/C19H26N2O/c1-4-21(5-2)18-13-11-17(12-14-18)20-15-16-9-7-8-10-19(16)22-6-3/h7-14,20H,4-6,15H2,1-3H3. The molecule has 3 nitrogen and oxygen atoms in total. The Labute approximate surface area is 133 Å². The lowest BCUT2D eigenvalue weighted by Gasteiger charge is -2.21. The molecule has 0 aliphatic carbocycles. The van der Waals surface area contributed by atoms with Crippen LogP contribution in [-0.4, -0.2) is 19.7 Å². The number of para-hydroxylation sites is 1. The lowest BCUT2D eigenvalue weighted by Crippen LogP contribution is -2.21. The average molecular weight is 298 g/mol. The maximum absolute atomic E-state index is 5.66. The summed E-state index contributed by atoms with van der Waals surface area (Å²) >= 11 is 0. The van der Waals surface area contributed by atoms with Gasteiger partial charge in [0.05, 0.1) is 6.61 Å². The van der Waals surface area contributed by atoms with Gasteiger partial charge < -0.3 is 15.0 Å². The first-order valence-electron chi connectivity index (χ1n) is 8.08. The molecule has 0 atom stereocenters. The van der Waals surface area contributed by atoms with Crippen molar-refractivity contribution in [2.45, 2.75) is 27.3 Å². The quantitative estimate of drug-likeness (QED) is 0.774. The number of anilines is 2. The zero-order valence-corrected chi connectivity index (χ0v) is 13.8. The fraction of sp³-hybridized carbons (Fsp3) is 0.368. The van der Waals surface area contributed by atoms with Crippen LogP contribution in [0.2, 0.25) is 0 Å². The summed E-state index contributed by atoms with van der Waals surface area (Å²) in [6.07, 6.45) is 0. The SMILES string of the molecule is CCOc1ccccc1CNc1ccc(N(CC)CC)cc1. The number of nitrogens with one attached hydrogen (secondary N) is 1. The fourth-order valence-corrected chi connectivity index (χ4v) is 2.52. The number of nitrogens with zero attached hydrogens (tertiary/aromatic N) is 1. The second kappa shape index (κ2) is 8.32. The van der Waals surface area contributed by atoms with Gasteiger partial charge >= 0.3 is 0 Å². The molecule has 1 N–H and O–H groups in total. The fourth-order valence-electron chi connectivity index (χ4n) is 2.52. The smallest absolute Gasteiger partial charge is 0.124 e. The van der Waals surface area contributed by atoms with E-state index in [0.29, 0.717) is 6.61 Å². The number of hydrogen-bond donors (Lipinski definition) is 1. The minimum Gasteiger partial charge on any atom is -0.494 e. The van der Waals surface area contributed by atoms with Crippen molar-refractivity contribution in [2.24, 2.45) is 0 Å². The van der Waals surface area contributed by atoms with Crippen LogP contribution in [0.1, 0.15) is 26.3 Å². The van der Waals surface area contributed by atoms with Crippen molar-refractivity contribution in [3.05, 3.63) is 54.1 Å². The molecule has 0 saturated heterocycles. The Kier molecular flexibility index (Phi) is 6.13. The molecule has 0 unspecified atom stereocenters. The molecule has 2 rings (SSSR count). The van der Waals surface area contributed by atoms with E-state index in [0.717, 1.165) is 31.1 Å². The van der Waals surface area contributed by atoms with Crippen LogP contribution < -0.4 is 15.0 Å². The summed E-state index contributed by atoms with van der Waals surface area (Å²) < 4.78 is 5.66. The monoisotopic (exact) mass is 298 g/mol. The number of rotatable bonds is 8. The Morgan fingerprint density at radius 1 is 0.909 bits per heavy atom. The van der Waals surface area contributed by atoms with E-state index >= 15 is 0 Å². The van der Waals surface area contributed by atoms with E-state index in [1.807, 2.05) is 25.1 Å². The highest BCUT2D eigenvalue weighted by molar-refractivity contribution is 5.55. The van der Waals surface area contributed by atoms with Gasteiger partial charge in [0.25, 0.3) is 0 Å². The molecule has 0 aliphatic heterocycles. The molecule has 2 aromatic carbocycles. The topological polar surface area (TPSA) is 24.5 Å². The van der Waals surface area contributed by atoms with Crippen LogP contribution in [0.5, 0.6) is 5.75 Å². The van der Waals surface area contributed by atoms with E-state index in [2.05, 4.69) is 54.4 Å². The molecule has 22 heavy (non-hydrogen) atoms. The number of ether oxygens (including phenoxy) is 1. The Morgan fingerprint density at radius 3 is 2.23 bits per heavy atom. The molecule has 0 fully saturated rings. The van der Waals surface area contributed by atoms with Crippen LogP contribution in [0.25, 0.3) is 0 Å². The molecule has 118 valence electrons. The van der Waals surface area contributed by atoms with Gasteiger partial charge in [-0.1, -0.05) is 18.2 Å². The van der Waals surface area contributed by atoms with E-state index < -0.39 is 0 Å². The van der Waals surface area contributed by atoms with Crippen LogP contribution in [0.3, 0.4) is 0 Å². The molecule has 0 bridgehead atoms. The maximum atomic E-state index is 5.66. The van der Waals surface area contributed by atoms with Crippen molar-refractivity contribution in [1.82, 2.24) is 0 Å². The highest BCUT2D eigenvalue weighted by atomic mass is 16.5. The molecule has 0 saturated carbocycles. The zero-order valence-electron chi connectivity index (χ0n) is 13.8. The third-order valence-corrected chi connectivity index (χ3v) is 3.75. The highest BCUT2D eigenvalue weighted by Crippen LogP contribution is 2.21. The molecule has 0 aromatic heterocycles.